The van der Waals surface area contributed by atoms with E-state index in [9.17, 15) is 0 Å². The number of hydrogen-bond donors (Lipinski definition) is 1. The van der Waals surface area contributed by atoms with Crippen LogP contribution in [0.4, 0.5) is 0 Å². The zero-order valence-corrected chi connectivity index (χ0v) is 12.2. The quantitative estimate of drug-likeness (QED) is 0.867. The maximum Gasteiger partial charge on any atom is 0.161 e. The summed E-state index contributed by atoms with van der Waals surface area (Å²) >= 11 is 0. The van der Waals surface area contributed by atoms with Gasteiger partial charge in [-0.2, -0.15) is 0 Å². The highest BCUT2D eigenvalue weighted by Gasteiger charge is 2.32. The van der Waals surface area contributed by atoms with Gasteiger partial charge in [-0.25, -0.2) is 0 Å². The maximum atomic E-state index is 5.94. The normalized spacial score (nSPS) is 25.7. The second-order valence-corrected chi connectivity index (χ2v) is 5.64. The van der Waals surface area contributed by atoms with Crippen molar-refractivity contribution in [2.75, 3.05) is 27.4 Å². The average Bonchev–Trinajstić information content (AvgIpc) is 3.21. The van der Waals surface area contributed by atoms with E-state index in [1.807, 2.05) is 12.1 Å². The third kappa shape index (κ3) is 2.91. The molecule has 1 saturated carbocycles. The minimum absolute atomic E-state index is 0.168. The molecule has 1 aromatic carbocycles. The molecule has 1 heterocycles. The molecule has 3 rings (SSSR count). The first-order valence-corrected chi connectivity index (χ1v) is 7.38. The third-order valence-electron chi connectivity index (χ3n) is 4.20. The van der Waals surface area contributed by atoms with E-state index < -0.39 is 0 Å². The molecule has 1 aliphatic carbocycles. The molecule has 2 fully saturated rings. The van der Waals surface area contributed by atoms with E-state index in [2.05, 4.69) is 11.4 Å². The van der Waals surface area contributed by atoms with Crippen LogP contribution < -0.4 is 14.8 Å². The second kappa shape index (κ2) is 6.02. The molecule has 1 aromatic rings. The Hall–Kier alpha value is -1.26. The van der Waals surface area contributed by atoms with Crippen LogP contribution in [0.5, 0.6) is 11.5 Å². The summed E-state index contributed by atoms with van der Waals surface area (Å²) in [6.45, 7) is 1.89. The van der Waals surface area contributed by atoms with Crippen molar-refractivity contribution in [2.45, 2.75) is 31.4 Å². The van der Waals surface area contributed by atoms with E-state index in [-0.39, 0.29) is 6.10 Å². The molecule has 0 radical (unpaired) electrons. The monoisotopic (exact) mass is 277 g/mol. The lowest BCUT2D eigenvalue weighted by molar-refractivity contribution is 0.0902. The van der Waals surface area contributed by atoms with Crippen molar-refractivity contribution in [1.82, 2.24) is 5.32 Å². The zero-order valence-electron chi connectivity index (χ0n) is 12.2. The Morgan fingerprint density at radius 3 is 2.65 bits per heavy atom. The summed E-state index contributed by atoms with van der Waals surface area (Å²) in [7, 11) is 3.33. The van der Waals surface area contributed by atoms with Gasteiger partial charge in [-0.15, -0.1) is 0 Å². The minimum atomic E-state index is 0.168. The van der Waals surface area contributed by atoms with Crippen LogP contribution in [0.1, 0.15) is 30.9 Å². The summed E-state index contributed by atoms with van der Waals surface area (Å²) in [6.07, 6.45) is 3.95. The van der Waals surface area contributed by atoms with Crippen LogP contribution in [0.2, 0.25) is 0 Å². The Morgan fingerprint density at radius 1 is 1.15 bits per heavy atom. The predicted octanol–water partition coefficient (Wildman–Crippen LogP) is 2.53. The summed E-state index contributed by atoms with van der Waals surface area (Å²) < 4.78 is 16.6. The summed E-state index contributed by atoms with van der Waals surface area (Å²) in [5.74, 6) is 2.09. The number of methoxy groups -OCH3 is 2. The SMILES string of the molecule is COc1ccc(C2OCCC2CNC2CC2)cc1OC. The van der Waals surface area contributed by atoms with Crippen molar-refractivity contribution in [3.8, 4) is 11.5 Å². The largest absolute Gasteiger partial charge is 0.493 e. The van der Waals surface area contributed by atoms with Gasteiger partial charge in [0.25, 0.3) is 0 Å². The van der Waals surface area contributed by atoms with Gasteiger partial charge in [0.05, 0.1) is 20.3 Å². The van der Waals surface area contributed by atoms with Crippen molar-refractivity contribution >= 4 is 0 Å². The molecule has 0 spiro atoms. The van der Waals surface area contributed by atoms with Crippen LogP contribution in [0.3, 0.4) is 0 Å². The standard InChI is InChI=1S/C16H23NO3/c1-18-14-6-3-11(9-15(14)19-2)16-12(7-8-20-16)10-17-13-4-5-13/h3,6,9,12-13,16-17H,4-5,7-8,10H2,1-2H3. The van der Waals surface area contributed by atoms with Crippen LogP contribution in [0, 0.1) is 5.92 Å². The molecule has 4 heteroatoms. The highest BCUT2D eigenvalue weighted by molar-refractivity contribution is 5.43. The summed E-state index contributed by atoms with van der Waals surface area (Å²) in [5.41, 5.74) is 1.18. The van der Waals surface area contributed by atoms with Gasteiger partial charge in [0.15, 0.2) is 11.5 Å². The topological polar surface area (TPSA) is 39.7 Å². The van der Waals surface area contributed by atoms with Gasteiger partial charge < -0.3 is 19.5 Å². The lowest BCUT2D eigenvalue weighted by Gasteiger charge is -2.20. The Bertz CT molecular complexity index is 459. The summed E-state index contributed by atoms with van der Waals surface area (Å²) in [5, 5.41) is 3.61. The lowest BCUT2D eigenvalue weighted by Crippen LogP contribution is -2.26. The lowest BCUT2D eigenvalue weighted by atomic mass is 9.95. The van der Waals surface area contributed by atoms with Crippen molar-refractivity contribution in [3.63, 3.8) is 0 Å². The molecule has 0 aromatic heterocycles. The Labute approximate surface area is 120 Å². The fraction of sp³-hybridized carbons (Fsp3) is 0.625. The second-order valence-electron chi connectivity index (χ2n) is 5.64. The van der Waals surface area contributed by atoms with E-state index in [4.69, 9.17) is 14.2 Å². The number of hydrogen-bond acceptors (Lipinski definition) is 4. The number of ether oxygens (including phenoxy) is 3. The molecule has 1 saturated heterocycles. The summed E-state index contributed by atoms with van der Waals surface area (Å²) in [4.78, 5) is 0. The van der Waals surface area contributed by atoms with Crippen LogP contribution in [0.25, 0.3) is 0 Å². The third-order valence-corrected chi connectivity index (χ3v) is 4.20. The van der Waals surface area contributed by atoms with Gasteiger partial charge in [0, 0.05) is 25.1 Å². The fourth-order valence-corrected chi connectivity index (χ4v) is 2.85. The predicted molar refractivity (Wildman–Crippen MR) is 77.4 cm³/mol. The summed E-state index contributed by atoms with van der Waals surface area (Å²) in [6, 6.07) is 6.84. The molecule has 2 aliphatic rings. The average molecular weight is 277 g/mol. The van der Waals surface area contributed by atoms with Crippen molar-refractivity contribution < 1.29 is 14.2 Å². The first-order chi connectivity index (χ1) is 9.81. The Balaban J connectivity index is 1.72. The van der Waals surface area contributed by atoms with Gasteiger partial charge in [-0.3, -0.25) is 0 Å². The van der Waals surface area contributed by atoms with E-state index in [1.54, 1.807) is 14.2 Å². The zero-order chi connectivity index (χ0) is 13.9. The maximum absolute atomic E-state index is 5.94. The molecule has 20 heavy (non-hydrogen) atoms. The van der Waals surface area contributed by atoms with Gasteiger partial charge in [0.2, 0.25) is 0 Å². The molecule has 0 amide bonds. The van der Waals surface area contributed by atoms with Crippen molar-refractivity contribution in [2.24, 2.45) is 5.92 Å². The van der Waals surface area contributed by atoms with Crippen molar-refractivity contribution in [3.05, 3.63) is 23.8 Å². The van der Waals surface area contributed by atoms with E-state index >= 15 is 0 Å². The first kappa shape index (κ1) is 13.7. The molecule has 110 valence electrons. The first-order valence-electron chi connectivity index (χ1n) is 7.38. The number of nitrogens with one attached hydrogen (secondary N) is 1. The highest BCUT2D eigenvalue weighted by Crippen LogP contribution is 2.38. The van der Waals surface area contributed by atoms with E-state index in [0.29, 0.717) is 5.92 Å². The highest BCUT2D eigenvalue weighted by atomic mass is 16.5. The van der Waals surface area contributed by atoms with E-state index in [1.165, 1.54) is 18.4 Å². The number of benzene rings is 1. The van der Waals surface area contributed by atoms with Crippen LogP contribution in [0.15, 0.2) is 18.2 Å². The van der Waals surface area contributed by atoms with Crippen LogP contribution >= 0.6 is 0 Å². The molecular formula is C16H23NO3. The minimum Gasteiger partial charge on any atom is -0.493 e. The fourth-order valence-electron chi connectivity index (χ4n) is 2.85. The molecule has 2 atom stereocenters. The molecule has 0 bridgehead atoms. The van der Waals surface area contributed by atoms with Gasteiger partial charge in [0.1, 0.15) is 0 Å². The Morgan fingerprint density at radius 2 is 1.95 bits per heavy atom. The molecular weight excluding hydrogens is 254 g/mol. The molecule has 1 aliphatic heterocycles. The Kier molecular flexibility index (Phi) is 4.13. The van der Waals surface area contributed by atoms with Crippen molar-refractivity contribution in [1.29, 1.82) is 0 Å². The van der Waals surface area contributed by atoms with Crippen LogP contribution in [-0.2, 0) is 4.74 Å². The van der Waals surface area contributed by atoms with Crippen LogP contribution in [-0.4, -0.2) is 33.4 Å². The molecule has 1 N–H and O–H groups in total. The molecule has 2 unspecified atom stereocenters. The van der Waals surface area contributed by atoms with Gasteiger partial charge in [-0.05, 0) is 37.0 Å². The van der Waals surface area contributed by atoms with Gasteiger partial charge >= 0.3 is 0 Å². The number of rotatable bonds is 6. The molecule has 4 nitrogen and oxygen atoms in total. The van der Waals surface area contributed by atoms with Gasteiger partial charge in [-0.1, -0.05) is 6.07 Å². The van der Waals surface area contributed by atoms with E-state index in [0.717, 1.165) is 37.1 Å². The smallest absolute Gasteiger partial charge is 0.161 e.